The van der Waals surface area contributed by atoms with Gasteiger partial charge in [-0.2, -0.15) is 0 Å². The minimum atomic E-state index is -0.454. The van der Waals surface area contributed by atoms with Crippen molar-refractivity contribution in [3.05, 3.63) is 59.7 Å². The van der Waals surface area contributed by atoms with Crippen molar-refractivity contribution in [1.29, 1.82) is 0 Å². The molecule has 2 aromatic carbocycles. The maximum atomic E-state index is 12.6. The summed E-state index contributed by atoms with van der Waals surface area (Å²) >= 11 is 0. The summed E-state index contributed by atoms with van der Waals surface area (Å²) in [5.74, 6) is -0.276. The molecule has 4 heteroatoms. The van der Waals surface area contributed by atoms with Crippen molar-refractivity contribution >= 4 is 23.2 Å². The highest BCUT2D eigenvalue weighted by molar-refractivity contribution is 6.05. The molecule has 0 saturated carbocycles. The third kappa shape index (κ3) is 3.26. The van der Waals surface area contributed by atoms with Gasteiger partial charge in [-0.1, -0.05) is 44.2 Å². The van der Waals surface area contributed by atoms with Gasteiger partial charge in [0.1, 0.15) is 0 Å². The highest BCUT2D eigenvalue weighted by Crippen LogP contribution is 2.32. The Bertz CT molecular complexity index is 735. The second-order valence-electron chi connectivity index (χ2n) is 6.16. The predicted octanol–water partition coefficient (Wildman–Crippen LogP) is 3.87. The fourth-order valence-corrected chi connectivity index (χ4v) is 2.83. The minimum Gasteiger partial charge on any atom is -0.326 e. The first-order valence-corrected chi connectivity index (χ1v) is 7.84. The number of nitrogens with one attached hydrogen (secondary N) is 2. The summed E-state index contributed by atoms with van der Waals surface area (Å²) in [6, 6.07) is 15.3. The molecule has 4 nitrogen and oxygen atoms in total. The van der Waals surface area contributed by atoms with Crippen molar-refractivity contribution in [3.8, 4) is 0 Å². The summed E-state index contributed by atoms with van der Waals surface area (Å²) in [5, 5.41) is 5.73. The van der Waals surface area contributed by atoms with E-state index in [-0.39, 0.29) is 18.2 Å². The Labute approximate surface area is 135 Å². The van der Waals surface area contributed by atoms with Crippen LogP contribution in [-0.4, -0.2) is 11.8 Å². The summed E-state index contributed by atoms with van der Waals surface area (Å²) in [6.07, 6.45) is 0.174. The largest absolute Gasteiger partial charge is 0.326 e. The molecular weight excluding hydrogens is 288 g/mol. The van der Waals surface area contributed by atoms with Crippen LogP contribution in [0, 0.1) is 0 Å². The molecule has 0 fully saturated rings. The van der Waals surface area contributed by atoms with E-state index in [1.54, 1.807) is 0 Å². The molecule has 2 amide bonds. The average Bonchev–Trinajstić information content (AvgIpc) is 2.54. The molecule has 1 aliphatic rings. The van der Waals surface area contributed by atoms with Gasteiger partial charge in [0.2, 0.25) is 11.8 Å². The molecular formula is C19H20N2O2. The fourth-order valence-electron chi connectivity index (χ4n) is 2.83. The highest BCUT2D eigenvalue weighted by atomic mass is 16.2. The Morgan fingerprint density at radius 3 is 2.52 bits per heavy atom. The number of hydrogen-bond donors (Lipinski definition) is 2. The topological polar surface area (TPSA) is 58.2 Å². The third-order valence-corrected chi connectivity index (χ3v) is 4.16. The predicted molar refractivity (Wildman–Crippen MR) is 91.6 cm³/mol. The lowest BCUT2D eigenvalue weighted by molar-refractivity contribution is -0.123. The summed E-state index contributed by atoms with van der Waals surface area (Å²) in [6.45, 7) is 4.26. The maximum absolute atomic E-state index is 12.6. The number of anilines is 2. The van der Waals surface area contributed by atoms with Gasteiger partial charge in [0, 0.05) is 17.8 Å². The van der Waals surface area contributed by atoms with Gasteiger partial charge in [-0.15, -0.1) is 0 Å². The zero-order valence-corrected chi connectivity index (χ0v) is 13.3. The molecule has 0 saturated heterocycles. The molecule has 0 aliphatic carbocycles. The van der Waals surface area contributed by atoms with Crippen LogP contribution in [-0.2, 0) is 9.59 Å². The summed E-state index contributed by atoms with van der Waals surface area (Å²) in [7, 11) is 0. The van der Waals surface area contributed by atoms with Crippen LogP contribution in [0.15, 0.2) is 48.5 Å². The fraction of sp³-hybridized carbons (Fsp3) is 0.263. The van der Waals surface area contributed by atoms with Crippen molar-refractivity contribution < 1.29 is 9.59 Å². The SMILES string of the molecule is CC(C)c1ccc(NC(=O)C2CC(=O)Nc3ccccc32)cc1. The van der Waals surface area contributed by atoms with E-state index in [2.05, 4.69) is 24.5 Å². The van der Waals surface area contributed by atoms with E-state index in [0.717, 1.165) is 16.9 Å². The van der Waals surface area contributed by atoms with Crippen molar-refractivity contribution in [2.45, 2.75) is 32.1 Å². The highest BCUT2D eigenvalue weighted by Gasteiger charge is 2.30. The Balaban J connectivity index is 1.79. The second kappa shape index (κ2) is 6.24. The summed E-state index contributed by atoms with van der Waals surface area (Å²) in [5.41, 5.74) is 3.57. The number of fused-ring (bicyclic) bond motifs is 1. The first-order valence-electron chi connectivity index (χ1n) is 7.84. The number of rotatable bonds is 3. The van der Waals surface area contributed by atoms with Gasteiger partial charge in [0.25, 0.3) is 0 Å². The smallest absolute Gasteiger partial charge is 0.232 e. The van der Waals surface area contributed by atoms with E-state index in [4.69, 9.17) is 0 Å². The van der Waals surface area contributed by atoms with Crippen LogP contribution in [0.5, 0.6) is 0 Å². The third-order valence-electron chi connectivity index (χ3n) is 4.16. The van der Waals surface area contributed by atoms with Gasteiger partial charge in [-0.25, -0.2) is 0 Å². The first kappa shape index (κ1) is 15.3. The number of carbonyl (C=O) groups excluding carboxylic acids is 2. The molecule has 0 spiro atoms. The van der Waals surface area contributed by atoms with Gasteiger partial charge >= 0.3 is 0 Å². The van der Waals surface area contributed by atoms with E-state index in [1.165, 1.54) is 5.56 Å². The maximum Gasteiger partial charge on any atom is 0.232 e. The first-order chi connectivity index (χ1) is 11.0. The normalized spacial score (nSPS) is 16.7. The molecule has 2 aromatic rings. The van der Waals surface area contributed by atoms with Gasteiger partial charge in [0.05, 0.1) is 5.92 Å². The van der Waals surface area contributed by atoms with Crippen LogP contribution in [0.3, 0.4) is 0 Å². The summed E-state index contributed by atoms with van der Waals surface area (Å²) in [4.78, 5) is 24.4. The van der Waals surface area contributed by atoms with Gasteiger partial charge in [0.15, 0.2) is 0 Å². The molecule has 3 rings (SSSR count). The molecule has 0 radical (unpaired) electrons. The number of hydrogen-bond acceptors (Lipinski definition) is 2. The van der Waals surface area contributed by atoms with Crippen LogP contribution in [0.25, 0.3) is 0 Å². The van der Waals surface area contributed by atoms with Gasteiger partial charge in [-0.3, -0.25) is 9.59 Å². The second-order valence-corrected chi connectivity index (χ2v) is 6.16. The Kier molecular flexibility index (Phi) is 4.15. The number of amides is 2. The zero-order chi connectivity index (χ0) is 16.4. The molecule has 1 atom stereocenters. The van der Waals surface area contributed by atoms with Crippen molar-refractivity contribution in [2.75, 3.05) is 10.6 Å². The molecule has 2 N–H and O–H groups in total. The Hall–Kier alpha value is -2.62. The van der Waals surface area contributed by atoms with Gasteiger partial charge < -0.3 is 10.6 Å². The lowest BCUT2D eigenvalue weighted by atomic mass is 9.89. The molecule has 0 aromatic heterocycles. The quantitative estimate of drug-likeness (QED) is 0.904. The molecule has 1 unspecified atom stereocenters. The van der Waals surface area contributed by atoms with Crippen LogP contribution in [0.4, 0.5) is 11.4 Å². The molecule has 118 valence electrons. The molecule has 1 aliphatic heterocycles. The minimum absolute atomic E-state index is 0.126. The van der Waals surface area contributed by atoms with Crippen molar-refractivity contribution in [3.63, 3.8) is 0 Å². The Morgan fingerprint density at radius 2 is 1.83 bits per heavy atom. The number of benzene rings is 2. The monoisotopic (exact) mass is 308 g/mol. The van der Waals surface area contributed by atoms with E-state index in [0.29, 0.717) is 5.92 Å². The van der Waals surface area contributed by atoms with Crippen molar-refractivity contribution in [1.82, 2.24) is 0 Å². The van der Waals surface area contributed by atoms with Gasteiger partial charge in [-0.05, 0) is 35.2 Å². The van der Waals surface area contributed by atoms with E-state index in [1.807, 2.05) is 48.5 Å². The average molecular weight is 308 g/mol. The van der Waals surface area contributed by atoms with Crippen LogP contribution in [0.1, 0.15) is 43.2 Å². The van der Waals surface area contributed by atoms with Crippen molar-refractivity contribution in [2.24, 2.45) is 0 Å². The molecule has 1 heterocycles. The van der Waals surface area contributed by atoms with E-state index in [9.17, 15) is 9.59 Å². The summed E-state index contributed by atoms with van der Waals surface area (Å²) < 4.78 is 0. The number of carbonyl (C=O) groups is 2. The van der Waals surface area contributed by atoms with Crippen LogP contribution in [0.2, 0.25) is 0 Å². The zero-order valence-electron chi connectivity index (χ0n) is 13.3. The molecule has 23 heavy (non-hydrogen) atoms. The lowest BCUT2D eigenvalue weighted by Gasteiger charge is -2.24. The van der Waals surface area contributed by atoms with Crippen LogP contribution >= 0.6 is 0 Å². The number of para-hydroxylation sites is 1. The Morgan fingerprint density at radius 1 is 1.13 bits per heavy atom. The van der Waals surface area contributed by atoms with E-state index < -0.39 is 5.92 Å². The van der Waals surface area contributed by atoms with Crippen LogP contribution < -0.4 is 10.6 Å². The van der Waals surface area contributed by atoms with E-state index >= 15 is 0 Å². The standard InChI is InChI=1S/C19H20N2O2/c1-12(2)13-7-9-14(10-8-13)20-19(23)16-11-18(22)21-17-6-4-3-5-15(16)17/h3-10,12,16H,11H2,1-2H3,(H,20,23)(H,21,22). The lowest BCUT2D eigenvalue weighted by Crippen LogP contribution is -2.30. The molecule has 0 bridgehead atoms.